The molecule has 0 aliphatic heterocycles. The molecule has 7 heteroatoms. The molecule has 0 aliphatic carbocycles. The second kappa shape index (κ2) is 5.93. The van der Waals surface area contributed by atoms with Gasteiger partial charge in [-0.3, -0.25) is 0 Å². The monoisotopic (exact) mass is 194 g/mol. The van der Waals surface area contributed by atoms with E-state index in [0.717, 1.165) is 0 Å². The summed E-state index contributed by atoms with van der Waals surface area (Å²) in [6.45, 7) is 0. The van der Waals surface area contributed by atoms with Crippen molar-refractivity contribution in [2.24, 2.45) is 0 Å². The average Bonchev–Trinajstić information content (AvgIpc) is 0.722. The van der Waals surface area contributed by atoms with Gasteiger partial charge in [-0.1, -0.05) is 0 Å². The van der Waals surface area contributed by atoms with Crippen molar-refractivity contribution in [2.75, 3.05) is 0 Å². The van der Waals surface area contributed by atoms with Crippen molar-refractivity contribution in [3.05, 3.63) is 0 Å². The second-order valence-electron chi connectivity index (χ2n) is 0.396. The van der Waals surface area contributed by atoms with Gasteiger partial charge >= 0.3 is 80.0 Å². The van der Waals surface area contributed by atoms with Gasteiger partial charge in [-0.15, -0.1) is 0 Å². The molecule has 0 bridgehead atoms. The molecule has 0 atom stereocenters. The van der Waals surface area contributed by atoms with Crippen LogP contribution in [0.5, 0.6) is 0 Å². The Kier molecular flexibility index (Phi) is 13.5. The molecule has 4 nitrogen and oxygen atoms in total. The summed E-state index contributed by atoms with van der Waals surface area (Å²) in [5.41, 5.74) is 0. The topological polar surface area (TPSA) is 71.4 Å². The fourth-order valence-corrected chi connectivity index (χ4v) is 0. The van der Waals surface area contributed by atoms with E-state index in [1.54, 1.807) is 0 Å². The third kappa shape index (κ3) is 80.7. The molecule has 40 valence electrons. The number of hydrogen-bond acceptors (Lipinski definition) is 3. The van der Waals surface area contributed by atoms with Gasteiger partial charge in [0.1, 0.15) is 0 Å². The maximum absolute atomic E-state index is 8.69. The summed E-state index contributed by atoms with van der Waals surface area (Å²) in [5.74, 6) is 0. The zero-order valence-corrected chi connectivity index (χ0v) is 8.49. The molecule has 0 fully saturated rings. The number of halogens is 1. The number of hydrogen-bond donors (Lipinski definition) is 1. The Bertz CT molecular complexity index is 133. The zero-order valence-electron chi connectivity index (χ0n) is 3.43. The summed E-state index contributed by atoms with van der Waals surface area (Å²) in [6.07, 6.45) is 0. The van der Waals surface area contributed by atoms with Crippen LogP contribution in [0, 0.1) is 0 Å². The summed E-state index contributed by atoms with van der Waals surface area (Å²) in [4.78, 5) is 0. The first-order valence-corrected chi connectivity index (χ1v) is 2.61. The van der Waals surface area contributed by atoms with Crippen molar-refractivity contribution in [2.45, 2.75) is 0 Å². The van der Waals surface area contributed by atoms with Crippen LogP contribution >= 0.6 is 0 Å². The van der Waals surface area contributed by atoms with E-state index in [2.05, 4.69) is 0 Å². The molecule has 0 aromatic heterocycles. The summed E-state index contributed by atoms with van der Waals surface area (Å²) < 4.78 is 33.1. The van der Waals surface area contributed by atoms with Gasteiger partial charge in [-0.2, -0.15) is 0 Å². The van der Waals surface area contributed by atoms with E-state index in [4.69, 9.17) is 15.7 Å². The van der Waals surface area contributed by atoms with Crippen LogP contribution in [-0.2, 0) is 24.5 Å². The van der Waals surface area contributed by atoms with Crippen LogP contribution in [0.25, 0.3) is 0 Å². The Labute approximate surface area is 90.7 Å². The third-order valence-electron chi connectivity index (χ3n) is 0. The SMILES string of the molecule is [Cl-].[K+].[O]=[Mn](=[O])(=[O])[OH]. The first-order chi connectivity index (χ1) is 2.00. The van der Waals surface area contributed by atoms with Crippen LogP contribution in [0.2, 0.25) is 0 Å². The van der Waals surface area contributed by atoms with E-state index < -0.39 is 13.0 Å². The first kappa shape index (κ1) is 15.9. The average molecular weight is 194 g/mol. The van der Waals surface area contributed by atoms with Crippen molar-refractivity contribution in [3.8, 4) is 0 Å². The van der Waals surface area contributed by atoms with E-state index in [9.17, 15) is 0 Å². The van der Waals surface area contributed by atoms with Crippen LogP contribution in [0.1, 0.15) is 0 Å². The number of rotatable bonds is 0. The van der Waals surface area contributed by atoms with Crippen molar-refractivity contribution in [1.29, 1.82) is 0 Å². The minimum absolute atomic E-state index is 0. The first-order valence-electron chi connectivity index (χ1n) is 0.632. The van der Waals surface area contributed by atoms with Crippen molar-refractivity contribution < 1.29 is 92.5 Å². The molecule has 0 saturated heterocycles. The van der Waals surface area contributed by atoms with Gasteiger partial charge in [-0.05, 0) is 0 Å². The maximum atomic E-state index is 8.69. The fraction of sp³-hybridized carbons (Fsp3) is 0. The molecule has 0 heterocycles. The van der Waals surface area contributed by atoms with Crippen LogP contribution in [0.3, 0.4) is 0 Å². The molecular weight excluding hydrogens is 193 g/mol. The van der Waals surface area contributed by atoms with Crippen molar-refractivity contribution >= 4 is 0 Å². The summed E-state index contributed by atoms with van der Waals surface area (Å²) in [7, 11) is 0. The molecule has 0 radical (unpaired) electrons. The Hall–Kier alpha value is 1.81. The van der Waals surface area contributed by atoms with E-state index in [0.29, 0.717) is 0 Å². The standard InChI is InChI=1S/ClH.K.Mn.H2O.3O/h1H;;;1H2;;;/q;2*+1;;;;/p-2. The second-order valence-corrected chi connectivity index (χ2v) is 1.63. The molecule has 0 aromatic rings. The Balaban J connectivity index is -0.0000000800. The molecule has 0 amide bonds. The third-order valence-corrected chi connectivity index (χ3v) is 0. The van der Waals surface area contributed by atoms with Gasteiger partial charge in [-0.25, -0.2) is 0 Å². The van der Waals surface area contributed by atoms with E-state index >= 15 is 0 Å². The van der Waals surface area contributed by atoms with Gasteiger partial charge in [0, 0.05) is 0 Å². The fourth-order valence-electron chi connectivity index (χ4n) is 0. The molecular formula is HClKMnO4. The summed E-state index contributed by atoms with van der Waals surface area (Å²) in [5, 5.41) is 0. The quantitative estimate of drug-likeness (QED) is 0.389. The van der Waals surface area contributed by atoms with Gasteiger partial charge in [0.05, 0.1) is 0 Å². The van der Waals surface area contributed by atoms with Crippen LogP contribution < -0.4 is 63.8 Å². The van der Waals surface area contributed by atoms with Gasteiger partial charge in [0.15, 0.2) is 0 Å². The Morgan fingerprint density at radius 2 is 1.14 bits per heavy atom. The summed E-state index contributed by atoms with van der Waals surface area (Å²) >= 11 is -5.38. The molecule has 0 unspecified atom stereocenters. The van der Waals surface area contributed by atoms with Crippen molar-refractivity contribution in [1.82, 2.24) is 0 Å². The van der Waals surface area contributed by atoms with Gasteiger partial charge in [0.2, 0.25) is 0 Å². The van der Waals surface area contributed by atoms with Crippen LogP contribution in [0.15, 0.2) is 0 Å². The zero-order chi connectivity index (χ0) is 4.50. The van der Waals surface area contributed by atoms with Gasteiger partial charge in [0.25, 0.3) is 0 Å². The van der Waals surface area contributed by atoms with Crippen LogP contribution in [0.4, 0.5) is 0 Å². The summed E-state index contributed by atoms with van der Waals surface area (Å²) in [6, 6.07) is 0. The van der Waals surface area contributed by atoms with Crippen LogP contribution in [-0.4, -0.2) is 4.19 Å². The molecule has 0 aliphatic rings. The molecule has 1 N–H and O–H groups in total. The Morgan fingerprint density at radius 3 is 1.14 bits per heavy atom. The van der Waals surface area contributed by atoms with Crippen molar-refractivity contribution in [3.63, 3.8) is 0 Å². The molecule has 0 spiro atoms. The van der Waals surface area contributed by atoms with E-state index in [1.165, 1.54) is 0 Å². The van der Waals surface area contributed by atoms with Gasteiger partial charge < -0.3 is 12.4 Å². The molecule has 0 saturated carbocycles. The van der Waals surface area contributed by atoms with E-state index in [-0.39, 0.29) is 63.8 Å². The Morgan fingerprint density at radius 1 is 1.14 bits per heavy atom. The molecule has 0 rings (SSSR count). The molecule has 0 aromatic carbocycles. The van der Waals surface area contributed by atoms with E-state index in [1.807, 2.05) is 0 Å². The molecule has 7 heavy (non-hydrogen) atoms. The predicted octanol–water partition coefficient (Wildman–Crippen LogP) is -6.91. The predicted molar refractivity (Wildman–Crippen MR) is 4.28 cm³/mol. The normalized spacial score (nSPS) is 8.14. The minimum atomic E-state index is -5.38.